The molecule has 0 radical (unpaired) electrons. The van der Waals surface area contributed by atoms with Gasteiger partial charge >= 0.3 is 0 Å². The highest BCUT2D eigenvalue weighted by molar-refractivity contribution is 7.98. The molecule has 1 aromatic rings. The molecule has 5 nitrogen and oxygen atoms in total. The lowest BCUT2D eigenvalue weighted by atomic mass is 9.99. The Bertz CT molecular complexity index is 677. The number of thioether (sulfide) groups is 1. The number of hydrogen-bond donors (Lipinski definition) is 1. The molecule has 2 rings (SSSR count). The Morgan fingerprint density at radius 1 is 1.40 bits per heavy atom. The van der Waals surface area contributed by atoms with Crippen molar-refractivity contribution in [2.75, 3.05) is 31.1 Å². The number of nitrogens with zero attached hydrogens (tertiary/aromatic N) is 1. The predicted molar refractivity (Wildman–Crippen MR) is 104 cm³/mol. The van der Waals surface area contributed by atoms with Gasteiger partial charge in [-0.25, -0.2) is 12.7 Å². The van der Waals surface area contributed by atoms with Gasteiger partial charge in [0.2, 0.25) is 15.9 Å². The third-order valence-electron chi connectivity index (χ3n) is 4.41. The van der Waals surface area contributed by atoms with Gasteiger partial charge in [0.1, 0.15) is 0 Å². The smallest absolute Gasteiger partial charge is 0.224 e. The maximum Gasteiger partial charge on any atom is 0.224 e. The molecule has 0 saturated carbocycles. The number of rotatable bonds is 8. The second-order valence-electron chi connectivity index (χ2n) is 6.43. The van der Waals surface area contributed by atoms with E-state index in [2.05, 4.69) is 36.5 Å². The molecule has 1 aromatic carbocycles. The van der Waals surface area contributed by atoms with Crippen LogP contribution in [0.4, 0.5) is 0 Å². The van der Waals surface area contributed by atoms with E-state index in [1.807, 2.05) is 0 Å². The van der Waals surface area contributed by atoms with E-state index in [0.717, 1.165) is 24.3 Å². The molecule has 140 valence electrons. The minimum absolute atomic E-state index is 0.0211. The summed E-state index contributed by atoms with van der Waals surface area (Å²) in [4.78, 5) is 12.3. The molecule has 0 spiro atoms. The first kappa shape index (κ1) is 20.3. The van der Waals surface area contributed by atoms with Crippen LogP contribution in [0.2, 0.25) is 0 Å². The predicted octanol–water partition coefficient (Wildman–Crippen LogP) is 2.41. The zero-order chi connectivity index (χ0) is 18.3. The van der Waals surface area contributed by atoms with E-state index in [4.69, 9.17) is 0 Å². The second-order valence-corrected chi connectivity index (χ2v) is 9.79. The third-order valence-corrected chi connectivity index (χ3v) is 7.29. The van der Waals surface area contributed by atoms with Crippen LogP contribution in [0.3, 0.4) is 0 Å². The maximum absolute atomic E-state index is 12.3. The van der Waals surface area contributed by atoms with Crippen molar-refractivity contribution in [3.63, 3.8) is 0 Å². The van der Waals surface area contributed by atoms with Crippen LogP contribution in [0, 0.1) is 12.8 Å². The van der Waals surface area contributed by atoms with Gasteiger partial charge in [0, 0.05) is 31.1 Å². The van der Waals surface area contributed by atoms with Crippen molar-refractivity contribution in [3.05, 3.63) is 35.4 Å². The van der Waals surface area contributed by atoms with Gasteiger partial charge in [0.25, 0.3) is 0 Å². The molecule has 0 aromatic heterocycles. The zero-order valence-corrected chi connectivity index (χ0v) is 16.7. The molecule has 0 aliphatic carbocycles. The molecule has 7 heteroatoms. The summed E-state index contributed by atoms with van der Waals surface area (Å²) < 4.78 is 25.4. The van der Waals surface area contributed by atoms with Crippen molar-refractivity contribution in [2.45, 2.75) is 32.4 Å². The topological polar surface area (TPSA) is 66.5 Å². The number of nitrogens with one attached hydrogen (secondary N) is 1. The molecular weight excluding hydrogens is 356 g/mol. The quantitative estimate of drug-likeness (QED) is 0.699. The highest BCUT2D eigenvalue weighted by Gasteiger charge is 2.31. The Balaban J connectivity index is 1.69. The van der Waals surface area contributed by atoms with Crippen molar-refractivity contribution in [2.24, 2.45) is 5.92 Å². The van der Waals surface area contributed by atoms with Crippen LogP contribution < -0.4 is 5.32 Å². The first-order valence-electron chi connectivity index (χ1n) is 8.81. The molecule has 1 atom stereocenters. The normalized spacial score (nSPS) is 18.9. The average molecular weight is 385 g/mol. The van der Waals surface area contributed by atoms with Crippen molar-refractivity contribution < 1.29 is 13.2 Å². The van der Waals surface area contributed by atoms with Gasteiger partial charge in [-0.1, -0.05) is 29.8 Å². The number of aryl methyl sites for hydroxylation is 1. The summed E-state index contributed by atoms with van der Waals surface area (Å²) >= 11 is 1.79. The Hall–Kier alpha value is -1.05. The van der Waals surface area contributed by atoms with Crippen molar-refractivity contribution in [3.8, 4) is 0 Å². The van der Waals surface area contributed by atoms with Crippen LogP contribution in [0.5, 0.6) is 0 Å². The average Bonchev–Trinajstić information content (AvgIpc) is 2.61. The SMILES string of the molecule is CCS(=O)(=O)N1CCCC(C(=O)NCCSCc2cccc(C)c2)C1. The van der Waals surface area contributed by atoms with E-state index < -0.39 is 10.0 Å². The number of piperidine rings is 1. The Morgan fingerprint density at radius 2 is 2.20 bits per heavy atom. The van der Waals surface area contributed by atoms with E-state index >= 15 is 0 Å². The summed E-state index contributed by atoms with van der Waals surface area (Å²) in [6, 6.07) is 8.44. The summed E-state index contributed by atoms with van der Waals surface area (Å²) in [6.45, 7) is 5.20. The molecule has 1 aliphatic heterocycles. The summed E-state index contributed by atoms with van der Waals surface area (Å²) in [7, 11) is -3.20. The summed E-state index contributed by atoms with van der Waals surface area (Å²) in [6.07, 6.45) is 1.51. The largest absolute Gasteiger partial charge is 0.355 e. The standard InChI is InChI=1S/C18H28N2O3S2/c1-3-25(22,23)20-10-5-8-17(13-20)18(21)19-9-11-24-14-16-7-4-6-15(2)12-16/h4,6-7,12,17H,3,5,8-11,13-14H2,1-2H3,(H,19,21). The molecule has 1 unspecified atom stereocenters. The maximum atomic E-state index is 12.3. The fraction of sp³-hybridized carbons (Fsp3) is 0.611. The van der Waals surface area contributed by atoms with Crippen LogP contribution in [0.25, 0.3) is 0 Å². The van der Waals surface area contributed by atoms with Gasteiger partial charge in [-0.15, -0.1) is 0 Å². The fourth-order valence-electron chi connectivity index (χ4n) is 2.97. The van der Waals surface area contributed by atoms with E-state index in [1.165, 1.54) is 15.4 Å². The molecule has 1 fully saturated rings. The number of hydrogen-bond acceptors (Lipinski definition) is 4. The number of carbonyl (C=O) groups is 1. The van der Waals surface area contributed by atoms with E-state index in [1.54, 1.807) is 18.7 Å². The molecule has 1 N–H and O–H groups in total. The van der Waals surface area contributed by atoms with Gasteiger partial charge in [0.05, 0.1) is 11.7 Å². The molecular formula is C18H28N2O3S2. The lowest BCUT2D eigenvalue weighted by molar-refractivity contribution is -0.125. The number of sulfonamides is 1. The van der Waals surface area contributed by atoms with Crippen LogP contribution in [0.1, 0.15) is 30.9 Å². The number of carbonyl (C=O) groups excluding carboxylic acids is 1. The first-order valence-corrected chi connectivity index (χ1v) is 11.6. The van der Waals surface area contributed by atoms with Gasteiger partial charge < -0.3 is 5.32 Å². The molecule has 25 heavy (non-hydrogen) atoms. The van der Waals surface area contributed by atoms with Crippen LogP contribution in [-0.2, 0) is 20.6 Å². The third kappa shape index (κ3) is 6.31. The fourth-order valence-corrected chi connectivity index (χ4v) is 4.96. The zero-order valence-electron chi connectivity index (χ0n) is 15.0. The Labute approximate surface area is 155 Å². The lowest BCUT2D eigenvalue weighted by Crippen LogP contribution is -2.46. The van der Waals surface area contributed by atoms with E-state index in [0.29, 0.717) is 19.6 Å². The lowest BCUT2D eigenvalue weighted by Gasteiger charge is -2.30. The van der Waals surface area contributed by atoms with E-state index in [9.17, 15) is 13.2 Å². The molecule has 1 saturated heterocycles. The summed E-state index contributed by atoms with van der Waals surface area (Å²) in [5, 5.41) is 2.96. The van der Waals surface area contributed by atoms with Gasteiger partial charge in [-0.2, -0.15) is 11.8 Å². The van der Waals surface area contributed by atoms with Gasteiger partial charge in [-0.3, -0.25) is 4.79 Å². The van der Waals surface area contributed by atoms with Gasteiger partial charge in [0.15, 0.2) is 0 Å². The molecule has 1 amide bonds. The Morgan fingerprint density at radius 3 is 2.92 bits per heavy atom. The highest BCUT2D eigenvalue weighted by Crippen LogP contribution is 2.20. The highest BCUT2D eigenvalue weighted by atomic mass is 32.2. The van der Waals surface area contributed by atoms with Crippen molar-refractivity contribution in [1.82, 2.24) is 9.62 Å². The second kappa shape index (κ2) is 9.59. The monoisotopic (exact) mass is 384 g/mol. The summed E-state index contributed by atoms with van der Waals surface area (Å²) in [5.41, 5.74) is 2.55. The van der Waals surface area contributed by atoms with Crippen LogP contribution in [-0.4, -0.2) is 49.8 Å². The minimum Gasteiger partial charge on any atom is -0.355 e. The van der Waals surface area contributed by atoms with Crippen molar-refractivity contribution in [1.29, 1.82) is 0 Å². The molecule has 1 heterocycles. The molecule has 0 bridgehead atoms. The van der Waals surface area contributed by atoms with E-state index in [-0.39, 0.29) is 17.6 Å². The molecule has 1 aliphatic rings. The minimum atomic E-state index is -3.20. The van der Waals surface area contributed by atoms with Crippen molar-refractivity contribution >= 4 is 27.7 Å². The van der Waals surface area contributed by atoms with Crippen LogP contribution >= 0.6 is 11.8 Å². The first-order chi connectivity index (χ1) is 11.9. The number of benzene rings is 1. The Kier molecular flexibility index (Phi) is 7.78. The van der Waals surface area contributed by atoms with Gasteiger partial charge in [-0.05, 0) is 32.3 Å². The number of amides is 1. The summed E-state index contributed by atoms with van der Waals surface area (Å²) in [5.74, 6) is 1.63. The van der Waals surface area contributed by atoms with Crippen LogP contribution in [0.15, 0.2) is 24.3 Å².